The Morgan fingerprint density at radius 2 is 1.70 bits per heavy atom. The summed E-state index contributed by atoms with van der Waals surface area (Å²) in [6.45, 7) is 1.91. The van der Waals surface area contributed by atoms with E-state index >= 15 is 0 Å². The van der Waals surface area contributed by atoms with E-state index in [4.69, 9.17) is 0 Å². The molecule has 0 bridgehead atoms. The lowest BCUT2D eigenvalue weighted by atomic mass is 10.1. The monoisotopic (exact) mass is 271 g/mol. The van der Waals surface area contributed by atoms with E-state index in [1.54, 1.807) is 0 Å². The molecule has 0 saturated carbocycles. The van der Waals surface area contributed by atoms with Crippen LogP contribution in [0.15, 0.2) is 48.5 Å². The van der Waals surface area contributed by atoms with Gasteiger partial charge in [-0.05, 0) is 31.0 Å². The molecule has 4 heteroatoms. The molecule has 2 aromatic carbocycles. The van der Waals surface area contributed by atoms with Crippen LogP contribution in [0.25, 0.3) is 0 Å². The second-order valence-corrected chi connectivity index (χ2v) is 4.80. The van der Waals surface area contributed by atoms with Gasteiger partial charge >= 0.3 is 0 Å². The van der Waals surface area contributed by atoms with Crippen LogP contribution in [0.2, 0.25) is 0 Å². The number of phenols is 2. The Balaban J connectivity index is 2.00. The van der Waals surface area contributed by atoms with Crippen LogP contribution in [0.5, 0.6) is 11.5 Å². The molecule has 0 aliphatic heterocycles. The van der Waals surface area contributed by atoms with Gasteiger partial charge in [0.1, 0.15) is 11.5 Å². The number of rotatable bonds is 4. The summed E-state index contributed by atoms with van der Waals surface area (Å²) in [5.74, 6) is -0.587. The lowest BCUT2D eigenvalue weighted by Crippen LogP contribution is -2.34. The zero-order chi connectivity index (χ0) is 14.5. The molecular weight excluding hydrogens is 254 g/mol. The van der Waals surface area contributed by atoms with Crippen LogP contribution in [0.3, 0.4) is 0 Å². The third kappa shape index (κ3) is 3.75. The fourth-order valence-corrected chi connectivity index (χ4v) is 2.05. The van der Waals surface area contributed by atoms with Crippen LogP contribution < -0.4 is 5.32 Å². The fraction of sp³-hybridized carbons (Fsp3) is 0.188. The van der Waals surface area contributed by atoms with Gasteiger partial charge in [0, 0.05) is 17.7 Å². The van der Waals surface area contributed by atoms with Gasteiger partial charge in [0.15, 0.2) is 0 Å². The number of hydrogen-bond acceptors (Lipinski definition) is 3. The van der Waals surface area contributed by atoms with Gasteiger partial charge in [0.05, 0.1) is 0 Å². The first-order valence-electron chi connectivity index (χ1n) is 6.42. The summed E-state index contributed by atoms with van der Waals surface area (Å²) >= 11 is 0. The Kier molecular flexibility index (Phi) is 4.25. The predicted octanol–water partition coefficient (Wildman–Crippen LogP) is 2.46. The highest BCUT2D eigenvalue weighted by molar-refractivity contribution is 5.95. The minimum absolute atomic E-state index is 0.0469. The third-order valence-electron chi connectivity index (χ3n) is 2.93. The van der Waals surface area contributed by atoms with E-state index in [0.29, 0.717) is 0 Å². The molecule has 0 saturated heterocycles. The molecule has 2 aromatic rings. The summed E-state index contributed by atoms with van der Waals surface area (Å²) in [6.07, 6.45) is 0.720. The van der Waals surface area contributed by atoms with E-state index in [1.165, 1.54) is 18.2 Å². The molecule has 1 unspecified atom stereocenters. The van der Waals surface area contributed by atoms with Crippen molar-refractivity contribution >= 4 is 5.91 Å². The highest BCUT2D eigenvalue weighted by Crippen LogP contribution is 2.20. The molecule has 0 aliphatic rings. The largest absolute Gasteiger partial charge is 0.508 e. The molecule has 1 amide bonds. The minimum atomic E-state index is -0.320. The molecule has 0 heterocycles. The average molecular weight is 271 g/mol. The summed E-state index contributed by atoms with van der Waals surface area (Å²) in [5, 5.41) is 21.6. The van der Waals surface area contributed by atoms with Gasteiger partial charge < -0.3 is 15.5 Å². The molecule has 3 N–H and O–H groups in total. The van der Waals surface area contributed by atoms with E-state index in [2.05, 4.69) is 5.32 Å². The maximum absolute atomic E-state index is 12.0. The Morgan fingerprint density at radius 3 is 2.30 bits per heavy atom. The van der Waals surface area contributed by atoms with Gasteiger partial charge in [0.25, 0.3) is 5.91 Å². The summed E-state index contributed by atoms with van der Waals surface area (Å²) in [5.41, 5.74) is 1.38. The predicted molar refractivity (Wildman–Crippen MR) is 76.8 cm³/mol. The summed E-state index contributed by atoms with van der Waals surface area (Å²) < 4.78 is 0. The van der Waals surface area contributed by atoms with Crippen molar-refractivity contribution < 1.29 is 15.0 Å². The van der Waals surface area contributed by atoms with Crippen LogP contribution in [-0.2, 0) is 6.42 Å². The lowest BCUT2D eigenvalue weighted by molar-refractivity contribution is 0.0939. The molecule has 0 aliphatic carbocycles. The average Bonchev–Trinajstić information content (AvgIpc) is 2.38. The van der Waals surface area contributed by atoms with Crippen molar-refractivity contribution in [1.29, 1.82) is 0 Å². The zero-order valence-corrected chi connectivity index (χ0v) is 11.2. The van der Waals surface area contributed by atoms with Crippen molar-refractivity contribution in [3.8, 4) is 11.5 Å². The minimum Gasteiger partial charge on any atom is -0.508 e. The number of aromatic hydroxyl groups is 2. The fourth-order valence-electron chi connectivity index (χ4n) is 2.05. The first-order chi connectivity index (χ1) is 9.54. The first kappa shape index (κ1) is 13.9. The van der Waals surface area contributed by atoms with Crippen LogP contribution >= 0.6 is 0 Å². The van der Waals surface area contributed by atoms with Crippen molar-refractivity contribution in [3.05, 3.63) is 59.7 Å². The molecule has 4 nitrogen and oxygen atoms in total. The molecule has 0 aromatic heterocycles. The maximum atomic E-state index is 12.0. The molecule has 20 heavy (non-hydrogen) atoms. The second kappa shape index (κ2) is 6.10. The Labute approximate surface area is 117 Å². The number of nitrogens with one attached hydrogen (secondary N) is 1. The van der Waals surface area contributed by atoms with Crippen molar-refractivity contribution in [1.82, 2.24) is 5.32 Å². The number of hydrogen-bond donors (Lipinski definition) is 3. The zero-order valence-electron chi connectivity index (χ0n) is 11.2. The molecule has 0 radical (unpaired) electrons. The van der Waals surface area contributed by atoms with Gasteiger partial charge in [-0.1, -0.05) is 30.3 Å². The van der Waals surface area contributed by atoms with Crippen molar-refractivity contribution in [2.45, 2.75) is 19.4 Å². The van der Waals surface area contributed by atoms with Crippen molar-refractivity contribution in [2.24, 2.45) is 0 Å². The topological polar surface area (TPSA) is 69.6 Å². The summed E-state index contributed by atoms with van der Waals surface area (Å²) in [7, 11) is 0. The van der Waals surface area contributed by atoms with E-state index in [9.17, 15) is 15.0 Å². The quantitative estimate of drug-likeness (QED) is 0.800. The van der Waals surface area contributed by atoms with Gasteiger partial charge in [0.2, 0.25) is 0 Å². The molecule has 0 spiro atoms. The van der Waals surface area contributed by atoms with Crippen LogP contribution in [-0.4, -0.2) is 22.2 Å². The normalized spacial score (nSPS) is 11.8. The molecule has 0 fully saturated rings. The van der Waals surface area contributed by atoms with E-state index in [-0.39, 0.29) is 29.0 Å². The van der Waals surface area contributed by atoms with E-state index in [1.807, 2.05) is 37.3 Å². The number of phenolic OH excluding ortho intramolecular Hbond substituents is 2. The Hall–Kier alpha value is -2.49. The molecular formula is C16H17NO3. The van der Waals surface area contributed by atoms with Crippen molar-refractivity contribution in [2.75, 3.05) is 0 Å². The van der Waals surface area contributed by atoms with Gasteiger partial charge in [-0.25, -0.2) is 0 Å². The Bertz CT molecular complexity index is 576. The highest BCUT2D eigenvalue weighted by Gasteiger charge is 2.12. The van der Waals surface area contributed by atoms with E-state index in [0.717, 1.165) is 12.0 Å². The number of amides is 1. The molecule has 1 atom stereocenters. The van der Waals surface area contributed by atoms with Gasteiger partial charge in [-0.3, -0.25) is 4.79 Å². The standard InChI is InChI=1S/C16H17NO3/c1-11(7-12-5-3-2-4-6-12)17-16(20)13-8-14(18)10-15(19)9-13/h2-6,8-11,18-19H,7H2,1H3,(H,17,20). The smallest absolute Gasteiger partial charge is 0.251 e. The molecule has 2 rings (SSSR count). The first-order valence-corrected chi connectivity index (χ1v) is 6.42. The summed E-state index contributed by atoms with van der Waals surface area (Å²) in [4.78, 5) is 12.0. The van der Waals surface area contributed by atoms with Crippen LogP contribution in [0, 0.1) is 0 Å². The number of carbonyl (C=O) groups is 1. The maximum Gasteiger partial charge on any atom is 0.251 e. The van der Waals surface area contributed by atoms with Crippen molar-refractivity contribution in [3.63, 3.8) is 0 Å². The third-order valence-corrected chi connectivity index (χ3v) is 2.93. The lowest BCUT2D eigenvalue weighted by Gasteiger charge is -2.14. The SMILES string of the molecule is CC(Cc1ccccc1)NC(=O)c1cc(O)cc(O)c1. The molecule has 104 valence electrons. The van der Waals surface area contributed by atoms with Gasteiger partial charge in [-0.2, -0.15) is 0 Å². The second-order valence-electron chi connectivity index (χ2n) is 4.80. The summed E-state index contributed by atoms with van der Waals surface area (Å²) in [6, 6.07) is 13.6. The highest BCUT2D eigenvalue weighted by atomic mass is 16.3. The Morgan fingerprint density at radius 1 is 1.10 bits per heavy atom. The van der Waals surface area contributed by atoms with Crippen LogP contribution in [0.1, 0.15) is 22.8 Å². The number of carbonyl (C=O) groups excluding carboxylic acids is 1. The van der Waals surface area contributed by atoms with E-state index < -0.39 is 0 Å². The van der Waals surface area contributed by atoms with Gasteiger partial charge in [-0.15, -0.1) is 0 Å². The number of benzene rings is 2. The van der Waals surface area contributed by atoms with Crippen LogP contribution in [0.4, 0.5) is 0 Å².